The number of nitriles is 1. The van der Waals surface area contributed by atoms with Gasteiger partial charge in [0, 0.05) is 0 Å². The summed E-state index contributed by atoms with van der Waals surface area (Å²) in [7, 11) is 4.16. The lowest BCUT2D eigenvalue weighted by molar-refractivity contribution is 0.364. The molecule has 2 aromatic carbocycles. The molecule has 21 heavy (non-hydrogen) atoms. The summed E-state index contributed by atoms with van der Waals surface area (Å²) in [4.78, 5) is 2.18. The predicted molar refractivity (Wildman–Crippen MR) is 89.3 cm³/mol. The van der Waals surface area contributed by atoms with Crippen molar-refractivity contribution in [2.45, 2.75) is 31.6 Å². The van der Waals surface area contributed by atoms with Crippen molar-refractivity contribution in [2.75, 3.05) is 20.6 Å². The zero-order chi connectivity index (χ0) is 15.3. The summed E-state index contributed by atoms with van der Waals surface area (Å²) in [5, 5.41) is 12.3. The molecule has 0 aromatic heterocycles. The lowest BCUT2D eigenvalue weighted by atomic mass is 9.74. The van der Waals surface area contributed by atoms with Crippen LogP contribution in [0.15, 0.2) is 42.5 Å². The Morgan fingerprint density at radius 2 is 1.81 bits per heavy atom. The van der Waals surface area contributed by atoms with E-state index in [0.717, 1.165) is 25.8 Å². The number of benzene rings is 2. The Morgan fingerprint density at radius 3 is 2.48 bits per heavy atom. The van der Waals surface area contributed by atoms with Crippen molar-refractivity contribution in [3.63, 3.8) is 0 Å². The first kappa shape index (κ1) is 15.5. The van der Waals surface area contributed by atoms with Gasteiger partial charge in [-0.15, -0.1) is 0 Å². The average Bonchev–Trinajstić information content (AvgIpc) is 2.51. The van der Waals surface area contributed by atoms with Gasteiger partial charge in [-0.2, -0.15) is 5.26 Å². The molecule has 0 spiro atoms. The summed E-state index contributed by atoms with van der Waals surface area (Å²) < 4.78 is 0. The van der Waals surface area contributed by atoms with E-state index in [4.69, 9.17) is 0 Å². The second kappa shape index (κ2) is 6.74. The van der Waals surface area contributed by atoms with E-state index in [1.165, 1.54) is 16.3 Å². The molecule has 0 saturated heterocycles. The van der Waals surface area contributed by atoms with Gasteiger partial charge in [0.25, 0.3) is 0 Å². The third kappa shape index (κ3) is 3.25. The van der Waals surface area contributed by atoms with Gasteiger partial charge < -0.3 is 4.90 Å². The van der Waals surface area contributed by atoms with E-state index in [9.17, 15) is 5.26 Å². The summed E-state index contributed by atoms with van der Waals surface area (Å²) in [6.45, 7) is 3.15. The maximum absolute atomic E-state index is 9.89. The molecule has 0 radical (unpaired) electrons. The molecular formula is C19H24N2. The van der Waals surface area contributed by atoms with Gasteiger partial charge in [0.2, 0.25) is 0 Å². The molecule has 2 nitrogen and oxygen atoms in total. The van der Waals surface area contributed by atoms with Crippen LogP contribution in [0.3, 0.4) is 0 Å². The van der Waals surface area contributed by atoms with Crippen molar-refractivity contribution in [1.82, 2.24) is 4.90 Å². The molecule has 0 aliphatic carbocycles. The molecular weight excluding hydrogens is 256 g/mol. The molecule has 0 bridgehead atoms. The molecule has 1 unspecified atom stereocenters. The Balaban J connectivity index is 2.43. The van der Waals surface area contributed by atoms with Crippen LogP contribution in [0.4, 0.5) is 0 Å². The fourth-order valence-electron chi connectivity index (χ4n) is 3.04. The molecule has 0 aliphatic heterocycles. The molecule has 2 rings (SSSR count). The molecule has 1 atom stereocenters. The maximum Gasteiger partial charge on any atom is 0.0826 e. The summed E-state index contributed by atoms with van der Waals surface area (Å²) in [6.07, 6.45) is 2.80. The number of hydrogen-bond donors (Lipinski definition) is 0. The van der Waals surface area contributed by atoms with Crippen molar-refractivity contribution >= 4 is 10.8 Å². The van der Waals surface area contributed by atoms with Crippen LogP contribution in [0, 0.1) is 11.3 Å². The molecule has 0 fully saturated rings. The molecule has 0 N–H and O–H groups in total. The molecule has 0 saturated carbocycles. The van der Waals surface area contributed by atoms with E-state index < -0.39 is 0 Å². The van der Waals surface area contributed by atoms with Gasteiger partial charge in [0.05, 0.1) is 11.5 Å². The largest absolute Gasteiger partial charge is 0.309 e. The smallest absolute Gasteiger partial charge is 0.0826 e. The monoisotopic (exact) mass is 280 g/mol. The quantitative estimate of drug-likeness (QED) is 0.786. The van der Waals surface area contributed by atoms with E-state index >= 15 is 0 Å². The Hall–Kier alpha value is -1.85. The van der Waals surface area contributed by atoms with Crippen molar-refractivity contribution in [3.8, 4) is 6.07 Å². The maximum atomic E-state index is 9.89. The minimum absolute atomic E-state index is 0.378. The van der Waals surface area contributed by atoms with E-state index in [1.54, 1.807) is 0 Å². The standard InChI is InChI=1S/C19H24N2/c1-4-19(15-20,13-8-14-21(2)3)18-12-7-10-16-9-5-6-11-17(16)18/h5-7,9-12H,4,8,13-14H2,1-3H3. The van der Waals surface area contributed by atoms with Gasteiger partial charge in [-0.1, -0.05) is 49.4 Å². The summed E-state index contributed by atoms with van der Waals surface area (Å²) in [5.74, 6) is 0. The Bertz CT molecular complexity index is 634. The normalized spacial score (nSPS) is 14.0. The fraction of sp³-hybridized carbons (Fsp3) is 0.421. The van der Waals surface area contributed by atoms with Crippen LogP contribution in [-0.4, -0.2) is 25.5 Å². The molecule has 110 valence electrons. The van der Waals surface area contributed by atoms with Gasteiger partial charge in [-0.3, -0.25) is 0 Å². The first-order chi connectivity index (χ1) is 10.1. The fourth-order valence-corrected chi connectivity index (χ4v) is 3.04. The van der Waals surface area contributed by atoms with Gasteiger partial charge in [0.15, 0.2) is 0 Å². The van der Waals surface area contributed by atoms with E-state index in [1.807, 2.05) is 0 Å². The highest BCUT2D eigenvalue weighted by molar-refractivity contribution is 5.87. The lowest BCUT2D eigenvalue weighted by Crippen LogP contribution is -2.25. The summed E-state index contributed by atoms with van der Waals surface area (Å²) in [6, 6.07) is 17.3. The second-order valence-electron chi connectivity index (χ2n) is 5.98. The summed E-state index contributed by atoms with van der Waals surface area (Å²) >= 11 is 0. The molecule has 0 aliphatic rings. The summed E-state index contributed by atoms with van der Waals surface area (Å²) in [5.41, 5.74) is 0.806. The Morgan fingerprint density at radius 1 is 1.10 bits per heavy atom. The van der Waals surface area contributed by atoms with Gasteiger partial charge in [-0.05, 0) is 56.2 Å². The Kier molecular flexibility index (Phi) is 4.98. The van der Waals surface area contributed by atoms with Crippen molar-refractivity contribution < 1.29 is 0 Å². The highest BCUT2D eigenvalue weighted by Gasteiger charge is 2.31. The van der Waals surface area contributed by atoms with Crippen LogP contribution < -0.4 is 0 Å². The van der Waals surface area contributed by atoms with E-state index in [0.29, 0.717) is 0 Å². The highest BCUT2D eigenvalue weighted by Crippen LogP contribution is 2.36. The lowest BCUT2D eigenvalue weighted by Gasteiger charge is -2.28. The van der Waals surface area contributed by atoms with Gasteiger partial charge >= 0.3 is 0 Å². The van der Waals surface area contributed by atoms with Gasteiger partial charge in [0.1, 0.15) is 0 Å². The first-order valence-corrected chi connectivity index (χ1v) is 7.67. The first-order valence-electron chi connectivity index (χ1n) is 7.67. The number of fused-ring (bicyclic) bond motifs is 1. The van der Waals surface area contributed by atoms with E-state index in [-0.39, 0.29) is 5.41 Å². The van der Waals surface area contributed by atoms with Crippen LogP contribution in [-0.2, 0) is 5.41 Å². The van der Waals surface area contributed by atoms with Crippen LogP contribution in [0.25, 0.3) is 10.8 Å². The average molecular weight is 280 g/mol. The molecule has 0 amide bonds. The number of rotatable bonds is 6. The molecule has 0 heterocycles. The van der Waals surface area contributed by atoms with E-state index in [2.05, 4.69) is 74.5 Å². The zero-order valence-corrected chi connectivity index (χ0v) is 13.3. The second-order valence-corrected chi connectivity index (χ2v) is 5.98. The van der Waals surface area contributed by atoms with Crippen molar-refractivity contribution in [1.29, 1.82) is 5.26 Å². The van der Waals surface area contributed by atoms with Crippen molar-refractivity contribution in [2.24, 2.45) is 0 Å². The van der Waals surface area contributed by atoms with Crippen LogP contribution in [0.5, 0.6) is 0 Å². The highest BCUT2D eigenvalue weighted by atomic mass is 15.0. The van der Waals surface area contributed by atoms with Gasteiger partial charge in [-0.25, -0.2) is 0 Å². The molecule has 2 aromatic rings. The zero-order valence-electron chi connectivity index (χ0n) is 13.3. The minimum Gasteiger partial charge on any atom is -0.309 e. The van der Waals surface area contributed by atoms with Crippen LogP contribution in [0.2, 0.25) is 0 Å². The number of hydrogen-bond acceptors (Lipinski definition) is 2. The minimum atomic E-state index is -0.378. The predicted octanol–water partition coefficient (Wildman–Crippen LogP) is 4.35. The SMILES string of the molecule is CCC(C#N)(CCCN(C)C)c1cccc2ccccc12. The topological polar surface area (TPSA) is 27.0 Å². The van der Waals surface area contributed by atoms with Crippen LogP contribution in [0.1, 0.15) is 31.7 Å². The van der Waals surface area contributed by atoms with Crippen LogP contribution >= 0.6 is 0 Å². The molecule has 2 heteroatoms. The number of nitrogens with zero attached hydrogens (tertiary/aromatic N) is 2. The Labute approximate surface area is 128 Å². The third-order valence-corrected chi connectivity index (χ3v) is 4.33. The van der Waals surface area contributed by atoms with Crippen molar-refractivity contribution in [3.05, 3.63) is 48.0 Å². The third-order valence-electron chi connectivity index (χ3n) is 4.33.